The van der Waals surface area contributed by atoms with Gasteiger partial charge in [-0.2, -0.15) is 0 Å². The molecule has 0 amide bonds. The molecule has 0 aliphatic heterocycles. The van der Waals surface area contributed by atoms with Crippen molar-refractivity contribution in [2.24, 2.45) is 11.1 Å². The molecule has 3 N–H and O–H groups in total. The van der Waals surface area contributed by atoms with Crippen LogP contribution < -0.4 is 11.1 Å². The third-order valence-corrected chi connectivity index (χ3v) is 2.49. The SMILES string of the molecule is CC(C)(C)C(CCN)Nc1ccccn1. The molecule has 1 atom stereocenters. The van der Waals surface area contributed by atoms with Crippen molar-refractivity contribution in [3.8, 4) is 0 Å². The molecule has 0 bridgehead atoms. The number of anilines is 1. The average Bonchev–Trinajstić information content (AvgIpc) is 2.17. The minimum Gasteiger partial charge on any atom is -0.367 e. The number of nitrogens with zero attached hydrogens (tertiary/aromatic N) is 1. The van der Waals surface area contributed by atoms with E-state index in [1.54, 1.807) is 6.20 Å². The number of hydrogen-bond donors (Lipinski definition) is 2. The maximum absolute atomic E-state index is 5.62. The van der Waals surface area contributed by atoms with Gasteiger partial charge in [-0.3, -0.25) is 0 Å². The van der Waals surface area contributed by atoms with E-state index in [1.165, 1.54) is 0 Å². The summed E-state index contributed by atoms with van der Waals surface area (Å²) in [6, 6.07) is 6.24. The molecule has 0 saturated heterocycles. The summed E-state index contributed by atoms with van der Waals surface area (Å²) in [4.78, 5) is 4.26. The van der Waals surface area contributed by atoms with Crippen molar-refractivity contribution in [3.05, 3.63) is 24.4 Å². The highest BCUT2D eigenvalue weighted by Gasteiger charge is 2.23. The molecule has 3 heteroatoms. The number of nitrogens with two attached hydrogens (primary N) is 1. The second-order valence-corrected chi connectivity index (χ2v) is 4.86. The fraction of sp³-hybridized carbons (Fsp3) is 0.583. The Kier molecular flexibility index (Phi) is 4.09. The van der Waals surface area contributed by atoms with Gasteiger partial charge in [-0.15, -0.1) is 0 Å². The number of hydrogen-bond acceptors (Lipinski definition) is 3. The van der Waals surface area contributed by atoms with Crippen molar-refractivity contribution in [2.75, 3.05) is 11.9 Å². The summed E-state index contributed by atoms with van der Waals surface area (Å²) in [5, 5.41) is 3.43. The predicted octanol–water partition coefficient (Wildman–Crippen LogP) is 2.26. The van der Waals surface area contributed by atoms with Crippen molar-refractivity contribution in [1.29, 1.82) is 0 Å². The highest BCUT2D eigenvalue weighted by molar-refractivity contribution is 5.35. The van der Waals surface area contributed by atoms with Crippen LogP contribution in [0.15, 0.2) is 24.4 Å². The quantitative estimate of drug-likeness (QED) is 0.796. The van der Waals surface area contributed by atoms with Gasteiger partial charge in [0.2, 0.25) is 0 Å². The van der Waals surface area contributed by atoms with Gasteiger partial charge in [0.25, 0.3) is 0 Å². The largest absolute Gasteiger partial charge is 0.367 e. The molecule has 1 rings (SSSR count). The number of rotatable bonds is 4. The van der Waals surface area contributed by atoms with Crippen LogP contribution in [0.2, 0.25) is 0 Å². The summed E-state index contributed by atoms with van der Waals surface area (Å²) in [6.45, 7) is 7.33. The van der Waals surface area contributed by atoms with Crippen LogP contribution in [-0.2, 0) is 0 Å². The molecule has 1 aromatic heterocycles. The molecular formula is C12H21N3. The lowest BCUT2D eigenvalue weighted by molar-refractivity contribution is 0.328. The lowest BCUT2D eigenvalue weighted by Crippen LogP contribution is -2.36. The molecule has 0 aromatic carbocycles. The predicted molar refractivity (Wildman–Crippen MR) is 64.8 cm³/mol. The lowest BCUT2D eigenvalue weighted by atomic mass is 9.85. The minimum absolute atomic E-state index is 0.191. The summed E-state index contributed by atoms with van der Waals surface area (Å²) >= 11 is 0. The Morgan fingerprint density at radius 3 is 2.60 bits per heavy atom. The summed E-state index contributed by atoms with van der Waals surface area (Å²) in [5.74, 6) is 0.922. The summed E-state index contributed by atoms with van der Waals surface area (Å²) < 4.78 is 0. The molecule has 84 valence electrons. The van der Waals surface area contributed by atoms with Crippen molar-refractivity contribution in [3.63, 3.8) is 0 Å². The van der Waals surface area contributed by atoms with E-state index in [-0.39, 0.29) is 5.41 Å². The second-order valence-electron chi connectivity index (χ2n) is 4.86. The molecule has 1 heterocycles. The lowest BCUT2D eigenvalue weighted by Gasteiger charge is -2.31. The molecule has 0 aliphatic carbocycles. The fourth-order valence-electron chi connectivity index (χ4n) is 1.52. The van der Waals surface area contributed by atoms with Crippen LogP contribution in [0.25, 0.3) is 0 Å². The first-order valence-electron chi connectivity index (χ1n) is 5.41. The van der Waals surface area contributed by atoms with Crippen LogP contribution >= 0.6 is 0 Å². The molecule has 0 saturated carbocycles. The van der Waals surface area contributed by atoms with Crippen molar-refractivity contribution in [1.82, 2.24) is 4.98 Å². The van der Waals surface area contributed by atoms with Gasteiger partial charge in [0.1, 0.15) is 5.82 Å². The Hall–Kier alpha value is -1.09. The van der Waals surface area contributed by atoms with Gasteiger partial charge in [-0.25, -0.2) is 4.98 Å². The fourth-order valence-corrected chi connectivity index (χ4v) is 1.52. The Balaban J connectivity index is 2.67. The smallest absolute Gasteiger partial charge is 0.126 e. The first-order valence-corrected chi connectivity index (χ1v) is 5.41. The van der Waals surface area contributed by atoms with Crippen LogP contribution in [0.5, 0.6) is 0 Å². The van der Waals surface area contributed by atoms with Gasteiger partial charge in [0, 0.05) is 12.2 Å². The zero-order valence-electron chi connectivity index (χ0n) is 9.83. The van der Waals surface area contributed by atoms with E-state index >= 15 is 0 Å². The van der Waals surface area contributed by atoms with Crippen LogP contribution in [0, 0.1) is 5.41 Å². The van der Waals surface area contributed by atoms with Crippen molar-refractivity contribution >= 4 is 5.82 Å². The van der Waals surface area contributed by atoms with E-state index in [2.05, 4.69) is 31.1 Å². The topological polar surface area (TPSA) is 50.9 Å². The number of pyridine rings is 1. The Labute approximate surface area is 92.1 Å². The van der Waals surface area contributed by atoms with Gasteiger partial charge in [-0.05, 0) is 30.5 Å². The van der Waals surface area contributed by atoms with Crippen molar-refractivity contribution in [2.45, 2.75) is 33.2 Å². The summed E-state index contributed by atoms with van der Waals surface area (Å²) in [7, 11) is 0. The first-order chi connectivity index (χ1) is 7.04. The molecule has 3 nitrogen and oxygen atoms in total. The second kappa shape index (κ2) is 5.12. The highest BCUT2D eigenvalue weighted by atomic mass is 15.0. The van der Waals surface area contributed by atoms with Gasteiger partial charge < -0.3 is 11.1 Å². The number of aromatic nitrogens is 1. The minimum atomic E-state index is 0.191. The van der Waals surface area contributed by atoms with Gasteiger partial charge in [0.05, 0.1) is 0 Å². The third kappa shape index (κ3) is 3.88. The van der Waals surface area contributed by atoms with Gasteiger partial charge in [-0.1, -0.05) is 26.8 Å². The van der Waals surface area contributed by atoms with Gasteiger partial charge in [0.15, 0.2) is 0 Å². The molecule has 0 spiro atoms. The average molecular weight is 207 g/mol. The van der Waals surface area contributed by atoms with Gasteiger partial charge >= 0.3 is 0 Å². The summed E-state index contributed by atoms with van der Waals surface area (Å²) in [5.41, 5.74) is 5.81. The first kappa shape index (κ1) is 12.0. The normalized spacial score (nSPS) is 13.6. The van der Waals surface area contributed by atoms with E-state index in [9.17, 15) is 0 Å². The molecule has 1 unspecified atom stereocenters. The standard InChI is InChI=1S/C12H21N3/c1-12(2,3)10(7-8-13)15-11-6-4-5-9-14-11/h4-6,9-10H,7-8,13H2,1-3H3,(H,14,15). The molecule has 15 heavy (non-hydrogen) atoms. The molecule has 0 aliphatic rings. The van der Waals surface area contributed by atoms with E-state index < -0.39 is 0 Å². The van der Waals surface area contributed by atoms with E-state index in [1.807, 2.05) is 18.2 Å². The zero-order chi connectivity index (χ0) is 11.3. The maximum atomic E-state index is 5.62. The van der Waals surface area contributed by atoms with E-state index in [0.717, 1.165) is 12.2 Å². The van der Waals surface area contributed by atoms with Crippen LogP contribution in [0.1, 0.15) is 27.2 Å². The molecular weight excluding hydrogens is 186 g/mol. The van der Waals surface area contributed by atoms with Crippen LogP contribution in [0.4, 0.5) is 5.82 Å². The monoisotopic (exact) mass is 207 g/mol. The Morgan fingerprint density at radius 2 is 2.13 bits per heavy atom. The Bertz CT molecular complexity index is 277. The summed E-state index contributed by atoms with van der Waals surface area (Å²) in [6.07, 6.45) is 2.75. The molecule has 1 aromatic rings. The maximum Gasteiger partial charge on any atom is 0.126 e. The third-order valence-electron chi connectivity index (χ3n) is 2.49. The van der Waals surface area contributed by atoms with Crippen LogP contribution in [-0.4, -0.2) is 17.6 Å². The van der Waals surface area contributed by atoms with E-state index in [0.29, 0.717) is 12.6 Å². The van der Waals surface area contributed by atoms with Crippen molar-refractivity contribution < 1.29 is 0 Å². The van der Waals surface area contributed by atoms with Crippen LogP contribution in [0.3, 0.4) is 0 Å². The Morgan fingerprint density at radius 1 is 1.40 bits per heavy atom. The van der Waals surface area contributed by atoms with E-state index in [4.69, 9.17) is 5.73 Å². The molecule has 0 fully saturated rings. The number of nitrogens with one attached hydrogen (secondary N) is 1. The highest BCUT2D eigenvalue weighted by Crippen LogP contribution is 2.24. The zero-order valence-corrected chi connectivity index (χ0v) is 9.83. The molecule has 0 radical (unpaired) electrons.